The van der Waals surface area contributed by atoms with E-state index in [9.17, 15) is 4.39 Å². The fourth-order valence-corrected chi connectivity index (χ4v) is 3.77. The minimum Gasteiger partial charge on any atom is -0.444 e. The van der Waals surface area contributed by atoms with Crippen LogP contribution in [0.25, 0.3) is 11.5 Å². The molecule has 1 aliphatic rings. The topological polar surface area (TPSA) is 78.6 Å². The molecule has 162 valence electrons. The number of oxazole rings is 1. The zero-order chi connectivity index (χ0) is 21.6. The van der Waals surface area contributed by atoms with Gasteiger partial charge in [-0.3, -0.25) is 4.99 Å². The van der Waals surface area contributed by atoms with E-state index in [2.05, 4.69) is 30.5 Å². The van der Waals surface area contributed by atoms with Gasteiger partial charge in [0.05, 0.1) is 10.7 Å². The largest absolute Gasteiger partial charge is 0.444 e. The summed E-state index contributed by atoms with van der Waals surface area (Å²) in [5.74, 6) is 1.75. The monoisotopic (exact) mass is 442 g/mol. The Morgan fingerprint density at radius 1 is 1.32 bits per heavy atom. The van der Waals surface area contributed by atoms with Crippen molar-refractivity contribution in [2.45, 2.75) is 18.9 Å². The molecule has 3 heterocycles. The molecule has 1 fully saturated rings. The lowest BCUT2D eigenvalue weighted by Crippen LogP contribution is -2.45. The second kappa shape index (κ2) is 9.78. The zero-order valence-electron chi connectivity index (χ0n) is 17.2. The van der Waals surface area contributed by atoms with Crippen LogP contribution in [0.1, 0.15) is 12.1 Å². The lowest BCUT2D eigenvalue weighted by atomic mass is 10.2. The summed E-state index contributed by atoms with van der Waals surface area (Å²) in [5.41, 5.74) is 1.57. The highest BCUT2D eigenvalue weighted by Gasteiger charge is 2.25. The highest BCUT2D eigenvalue weighted by atomic mass is 35.5. The number of pyridine rings is 1. The molecule has 9 heteroatoms. The van der Waals surface area contributed by atoms with Crippen LogP contribution in [0.3, 0.4) is 0 Å². The summed E-state index contributed by atoms with van der Waals surface area (Å²) in [4.78, 5) is 15.4. The van der Waals surface area contributed by atoms with Crippen molar-refractivity contribution in [2.75, 3.05) is 31.6 Å². The molecule has 1 aromatic carbocycles. The van der Waals surface area contributed by atoms with E-state index in [0.29, 0.717) is 23.9 Å². The van der Waals surface area contributed by atoms with Crippen LogP contribution in [0, 0.1) is 5.82 Å². The van der Waals surface area contributed by atoms with Crippen molar-refractivity contribution in [1.29, 1.82) is 0 Å². The molecule has 7 nitrogen and oxygen atoms in total. The minimum atomic E-state index is -0.285. The predicted molar refractivity (Wildman–Crippen MR) is 120 cm³/mol. The van der Waals surface area contributed by atoms with Gasteiger partial charge in [0.1, 0.15) is 17.9 Å². The fourth-order valence-electron chi connectivity index (χ4n) is 3.52. The maximum Gasteiger partial charge on any atom is 0.226 e. The highest BCUT2D eigenvalue weighted by molar-refractivity contribution is 6.32. The zero-order valence-corrected chi connectivity index (χ0v) is 17.9. The van der Waals surface area contributed by atoms with Crippen LogP contribution in [0.2, 0.25) is 5.02 Å². The van der Waals surface area contributed by atoms with E-state index >= 15 is 0 Å². The number of halogens is 2. The molecule has 31 heavy (non-hydrogen) atoms. The Bertz CT molecular complexity index is 1040. The normalized spacial score (nSPS) is 16.5. The van der Waals surface area contributed by atoms with Gasteiger partial charge in [0, 0.05) is 50.9 Å². The number of benzene rings is 1. The van der Waals surface area contributed by atoms with E-state index in [1.54, 1.807) is 31.6 Å². The summed E-state index contributed by atoms with van der Waals surface area (Å²) in [7, 11) is 1.75. The number of hydrogen-bond donors (Lipinski definition) is 2. The first-order valence-corrected chi connectivity index (χ1v) is 10.5. The minimum absolute atomic E-state index is 0.251. The van der Waals surface area contributed by atoms with Gasteiger partial charge in [0.15, 0.2) is 5.96 Å². The van der Waals surface area contributed by atoms with Crippen molar-refractivity contribution in [3.8, 4) is 11.5 Å². The van der Waals surface area contributed by atoms with Gasteiger partial charge in [-0.15, -0.1) is 0 Å². The van der Waals surface area contributed by atoms with Gasteiger partial charge >= 0.3 is 0 Å². The third kappa shape index (κ3) is 5.32. The molecular weight excluding hydrogens is 419 g/mol. The third-order valence-corrected chi connectivity index (χ3v) is 5.40. The number of aromatic nitrogens is 2. The Morgan fingerprint density at radius 3 is 2.94 bits per heavy atom. The number of guanidine groups is 1. The number of rotatable bonds is 6. The molecule has 0 bridgehead atoms. The van der Waals surface area contributed by atoms with Crippen LogP contribution >= 0.6 is 11.6 Å². The molecule has 1 unspecified atom stereocenters. The number of anilines is 1. The van der Waals surface area contributed by atoms with Gasteiger partial charge in [-0.2, -0.15) is 0 Å². The van der Waals surface area contributed by atoms with Gasteiger partial charge in [0.2, 0.25) is 5.89 Å². The number of nitrogens with zero attached hydrogens (tertiary/aromatic N) is 4. The quantitative estimate of drug-likeness (QED) is 0.449. The van der Waals surface area contributed by atoms with Crippen LogP contribution in [0.4, 0.5) is 10.2 Å². The Kier molecular flexibility index (Phi) is 6.66. The van der Waals surface area contributed by atoms with E-state index in [4.69, 9.17) is 16.0 Å². The van der Waals surface area contributed by atoms with Crippen molar-refractivity contribution in [3.63, 3.8) is 0 Å². The van der Waals surface area contributed by atoms with Crippen molar-refractivity contribution >= 4 is 23.4 Å². The summed E-state index contributed by atoms with van der Waals surface area (Å²) in [6.45, 7) is 2.34. The summed E-state index contributed by atoms with van der Waals surface area (Å²) < 4.78 is 18.6. The predicted octanol–water partition coefficient (Wildman–Crippen LogP) is 3.52. The van der Waals surface area contributed by atoms with E-state index in [-0.39, 0.29) is 11.9 Å². The molecule has 0 spiro atoms. The van der Waals surface area contributed by atoms with Gasteiger partial charge in [-0.1, -0.05) is 11.6 Å². The maximum absolute atomic E-state index is 13.1. The first-order chi connectivity index (χ1) is 15.1. The van der Waals surface area contributed by atoms with E-state index in [1.165, 1.54) is 12.1 Å². The summed E-state index contributed by atoms with van der Waals surface area (Å²) in [5, 5.41) is 7.43. The Balaban J connectivity index is 1.25. The van der Waals surface area contributed by atoms with Crippen molar-refractivity contribution in [3.05, 3.63) is 65.4 Å². The molecule has 0 radical (unpaired) electrons. The Hall–Kier alpha value is -3.13. The average molecular weight is 443 g/mol. The van der Waals surface area contributed by atoms with Crippen LogP contribution in [-0.4, -0.2) is 48.7 Å². The van der Waals surface area contributed by atoms with Crippen LogP contribution < -0.4 is 15.5 Å². The summed E-state index contributed by atoms with van der Waals surface area (Å²) in [6.07, 6.45) is 5.03. The molecule has 0 aliphatic carbocycles. The molecule has 1 saturated heterocycles. The van der Waals surface area contributed by atoms with E-state index in [1.807, 2.05) is 12.1 Å². The summed E-state index contributed by atoms with van der Waals surface area (Å²) >= 11 is 6.27. The number of aliphatic imine (C=N–C) groups is 1. The van der Waals surface area contributed by atoms with Gasteiger partial charge in [-0.05, 0) is 42.8 Å². The highest BCUT2D eigenvalue weighted by Crippen LogP contribution is 2.25. The molecule has 4 rings (SSSR count). The second-order valence-electron chi connectivity index (χ2n) is 7.28. The van der Waals surface area contributed by atoms with Crippen molar-refractivity contribution in [1.82, 2.24) is 20.6 Å². The standard InChI is InChI=1S/C22H24ClFN6O/c1-25-22(29-17-9-12-30(13-17)20-19(23)3-2-10-26-20)27-11-8-18-14-31-21(28-18)15-4-6-16(24)7-5-15/h2-7,10,14,17H,8-9,11-13H2,1H3,(H2,25,27,29). The smallest absolute Gasteiger partial charge is 0.226 e. The molecule has 0 saturated carbocycles. The first kappa shape index (κ1) is 21.1. The second-order valence-corrected chi connectivity index (χ2v) is 7.69. The first-order valence-electron chi connectivity index (χ1n) is 10.2. The molecule has 2 aromatic heterocycles. The van der Waals surface area contributed by atoms with Crippen molar-refractivity contribution < 1.29 is 8.81 Å². The average Bonchev–Trinajstić information content (AvgIpc) is 3.44. The van der Waals surface area contributed by atoms with Gasteiger partial charge in [0.25, 0.3) is 0 Å². The lowest BCUT2D eigenvalue weighted by Gasteiger charge is -2.20. The van der Waals surface area contributed by atoms with Gasteiger partial charge < -0.3 is 20.0 Å². The number of nitrogens with one attached hydrogen (secondary N) is 2. The Morgan fingerprint density at radius 2 is 2.16 bits per heavy atom. The molecule has 0 amide bonds. The Labute approximate surface area is 185 Å². The van der Waals surface area contributed by atoms with Crippen LogP contribution in [0.5, 0.6) is 0 Å². The fraction of sp³-hybridized carbons (Fsp3) is 0.318. The molecular formula is C22H24ClFN6O. The maximum atomic E-state index is 13.1. The van der Waals surface area contributed by atoms with Crippen LogP contribution in [0.15, 0.2) is 58.3 Å². The molecule has 3 aromatic rings. The van der Waals surface area contributed by atoms with Crippen molar-refractivity contribution in [2.24, 2.45) is 4.99 Å². The SMILES string of the molecule is CN=C(NCCc1coc(-c2ccc(F)cc2)n1)NC1CCN(c2ncccc2Cl)C1. The molecule has 1 atom stereocenters. The molecule has 1 aliphatic heterocycles. The molecule has 2 N–H and O–H groups in total. The number of hydrogen-bond acceptors (Lipinski definition) is 5. The van der Waals surface area contributed by atoms with Crippen LogP contribution in [-0.2, 0) is 6.42 Å². The third-order valence-electron chi connectivity index (χ3n) is 5.11. The van der Waals surface area contributed by atoms with E-state index < -0.39 is 0 Å². The summed E-state index contributed by atoms with van der Waals surface area (Å²) in [6, 6.07) is 10.0. The van der Waals surface area contributed by atoms with Gasteiger partial charge in [-0.25, -0.2) is 14.4 Å². The van der Waals surface area contributed by atoms with E-state index in [0.717, 1.165) is 42.5 Å². The lowest BCUT2D eigenvalue weighted by molar-refractivity contribution is 0.571.